The molecule has 3 rings (SSSR count). The number of ether oxygens (including phenoxy) is 1. The summed E-state index contributed by atoms with van der Waals surface area (Å²) in [7, 11) is 0. The van der Waals surface area contributed by atoms with Crippen LogP contribution in [0.3, 0.4) is 0 Å². The Labute approximate surface area is 156 Å². The molecule has 27 heavy (non-hydrogen) atoms. The molecule has 0 saturated heterocycles. The van der Waals surface area contributed by atoms with Crippen molar-refractivity contribution in [3.8, 4) is 11.8 Å². The van der Waals surface area contributed by atoms with Gasteiger partial charge in [0.25, 0.3) is 5.69 Å². The summed E-state index contributed by atoms with van der Waals surface area (Å²) in [5, 5.41) is 20.3. The Morgan fingerprint density at radius 2 is 1.78 bits per heavy atom. The molecule has 0 aliphatic heterocycles. The van der Waals surface area contributed by atoms with Crippen LogP contribution in [0.4, 0.5) is 5.69 Å². The summed E-state index contributed by atoms with van der Waals surface area (Å²) in [6.45, 7) is 0.479. The van der Waals surface area contributed by atoms with E-state index in [4.69, 9.17) is 4.74 Å². The molecule has 5 nitrogen and oxygen atoms in total. The van der Waals surface area contributed by atoms with Gasteiger partial charge in [0.15, 0.2) is 0 Å². The highest BCUT2D eigenvalue weighted by molar-refractivity contribution is 5.90. The van der Waals surface area contributed by atoms with Crippen LogP contribution in [-0.2, 0) is 6.61 Å². The summed E-state index contributed by atoms with van der Waals surface area (Å²) < 4.78 is 5.74. The van der Waals surface area contributed by atoms with Gasteiger partial charge < -0.3 is 4.74 Å². The highest BCUT2D eigenvalue weighted by atomic mass is 16.6. The van der Waals surface area contributed by atoms with Crippen LogP contribution < -0.4 is 4.74 Å². The number of nitrogens with zero attached hydrogens (tertiary/aromatic N) is 2. The van der Waals surface area contributed by atoms with E-state index in [1.807, 2.05) is 54.6 Å². The molecule has 0 heterocycles. The monoisotopic (exact) mass is 356 g/mol. The van der Waals surface area contributed by atoms with Gasteiger partial charge in [0.1, 0.15) is 12.4 Å². The van der Waals surface area contributed by atoms with Crippen LogP contribution in [0.1, 0.15) is 16.7 Å². The van der Waals surface area contributed by atoms with E-state index in [-0.39, 0.29) is 5.69 Å². The first-order valence-electron chi connectivity index (χ1n) is 8.29. The maximum atomic E-state index is 10.9. The molecule has 0 bridgehead atoms. The van der Waals surface area contributed by atoms with Crippen molar-refractivity contribution in [3.63, 3.8) is 0 Å². The van der Waals surface area contributed by atoms with E-state index in [0.29, 0.717) is 17.7 Å². The van der Waals surface area contributed by atoms with Crippen LogP contribution >= 0.6 is 0 Å². The highest BCUT2D eigenvalue weighted by Crippen LogP contribution is 2.23. The molecule has 0 aliphatic carbocycles. The fraction of sp³-hybridized carbons (Fsp3) is 0.0455. The molecule has 3 aromatic rings. The van der Waals surface area contributed by atoms with E-state index < -0.39 is 4.92 Å². The molecular weight excluding hydrogens is 340 g/mol. The predicted octanol–water partition coefficient (Wildman–Crippen LogP) is 5.24. The Morgan fingerprint density at radius 3 is 2.44 bits per heavy atom. The molecule has 132 valence electrons. The van der Waals surface area contributed by atoms with Crippen molar-refractivity contribution in [3.05, 3.63) is 106 Å². The van der Waals surface area contributed by atoms with Gasteiger partial charge in [-0.3, -0.25) is 10.1 Å². The average Bonchev–Trinajstić information content (AvgIpc) is 2.72. The van der Waals surface area contributed by atoms with Crippen LogP contribution in [0.5, 0.6) is 5.75 Å². The molecular formula is C22H16N2O3. The number of hydrogen-bond acceptors (Lipinski definition) is 4. The van der Waals surface area contributed by atoms with Crippen LogP contribution in [0.15, 0.2) is 78.9 Å². The molecule has 0 aliphatic rings. The summed E-state index contributed by atoms with van der Waals surface area (Å²) in [6.07, 6.45) is 1.69. The lowest BCUT2D eigenvalue weighted by molar-refractivity contribution is -0.384. The standard InChI is InChI=1S/C22H16N2O3/c23-15-20(19-7-4-8-21(14-19)24(25)26)13-17-9-11-22(12-10-17)27-16-18-5-2-1-3-6-18/h1-14H,16H2/b20-13-. The van der Waals surface area contributed by atoms with E-state index in [0.717, 1.165) is 16.9 Å². The van der Waals surface area contributed by atoms with Gasteiger partial charge in [-0.1, -0.05) is 54.6 Å². The van der Waals surface area contributed by atoms with Crippen molar-refractivity contribution in [1.82, 2.24) is 0 Å². The van der Waals surface area contributed by atoms with E-state index >= 15 is 0 Å². The lowest BCUT2D eigenvalue weighted by Gasteiger charge is -2.06. The number of allylic oxidation sites excluding steroid dienone is 1. The van der Waals surface area contributed by atoms with Gasteiger partial charge >= 0.3 is 0 Å². The third kappa shape index (κ3) is 4.80. The lowest BCUT2D eigenvalue weighted by Crippen LogP contribution is -1.94. The van der Waals surface area contributed by atoms with Gasteiger partial charge in [0, 0.05) is 12.1 Å². The number of non-ortho nitro benzene ring substituents is 1. The SMILES string of the molecule is N#C/C(=C/c1ccc(OCc2ccccc2)cc1)c1cccc([N+](=O)[O-])c1. The first-order chi connectivity index (χ1) is 13.2. The van der Waals surface area contributed by atoms with E-state index in [2.05, 4.69) is 6.07 Å². The maximum Gasteiger partial charge on any atom is 0.270 e. The van der Waals surface area contributed by atoms with Crippen molar-refractivity contribution < 1.29 is 9.66 Å². The number of hydrogen-bond donors (Lipinski definition) is 0. The van der Waals surface area contributed by atoms with E-state index in [1.54, 1.807) is 18.2 Å². The average molecular weight is 356 g/mol. The Hall–Kier alpha value is -3.91. The normalized spacial score (nSPS) is 10.9. The van der Waals surface area contributed by atoms with Crippen LogP contribution in [0.25, 0.3) is 11.6 Å². The van der Waals surface area contributed by atoms with Gasteiger partial charge in [-0.15, -0.1) is 0 Å². The van der Waals surface area contributed by atoms with Gasteiger partial charge in [-0.2, -0.15) is 5.26 Å². The molecule has 0 saturated carbocycles. The molecule has 3 aromatic carbocycles. The molecule has 0 N–H and O–H groups in total. The predicted molar refractivity (Wildman–Crippen MR) is 104 cm³/mol. The Balaban J connectivity index is 1.74. The first-order valence-corrected chi connectivity index (χ1v) is 8.29. The molecule has 0 radical (unpaired) electrons. The zero-order valence-corrected chi connectivity index (χ0v) is 14.4. The van der Waals surface area contributed by atoms with Crippen molar-refractivity contribution in [2.75, 3.05) is 0 Å². The summed E-state index contributed by atoms with van der Waals surface area (Å²) in [5.41, 5.74) is 2.72. The maximum absolute atomic E-state index is 10.9. The second kappa shape index (κ2) is 8.45. The summed E-state index contributed by atoms with van der Waals surface area (Å²) in [6, 6.07) is 25.4. The van der Waals surface area contributed by atoms with E-state index in [9.17, 15) is 15.4 Å². The van der Waals surface area contributed by atoms with Crippen molar-refractivity contribution >= 4 is 17.3 Å². The largest absolute Gasteiger partial charge is 0.489 e. The molecule has 0 unspecified atom stereocenters. The van der Waals surface area contributed by atoms with Crippen LogP contribution in [0.2, 0.25) is 0 Å². The van der Waals surface area contributed by atoms with Gasteiger partial charge in [-0.05, 0) is 34.9 Å². The van der Waals surface area contributed by atoms with Gasteiger partial charge in [0.2, 0.25) is 0 Å². The van der Waals surface area contributed by atoms with Crippen molar-refractivity contribution in [2.45, 2.75) is 6.61 Å². The Bertz CT molecular complexity index is 1000. The third-order valence-corrected chi connectivity index (χ3v) is 3.93. The fourth-order valence-electron chi connectivity index (χ4n) is 2.54. The minimum Gasteiger partial charge on any atom is -0.489 e. The Kier molecular flexibility index (Phi) is 5.60. The third-order valence-electron chi connectivity index (χ3n) is 3.93. The van der Waals surface area contributed by atoms with Crippen molar-refractivity contribution in [2.24, 2.45) is 0 Å². The zero-order chi connectivity index (χ0) is 19.1. The summed E-state index contributed by atoms with van der Waals surface area (Å²) in [5.74, 6) is 0.727. The fourth-order valence-corrected chi connectivity index (χ4v) is 2.54. The first kappa shape index (κ1) is 17.9. The van der Waals surface area contributed by atoms with Crippen LogP contribution in [0, 0.1) is 21.4 Å². The second-order valence-corrected chi connectivity index (χ2v) is 5.82. The minimum absolute atomic E-state index is 0.0432. The number of rotatable bonds is 6. The Morgan fingerprint density at radius 1 is 1.04 bits per heavy atom. The molecule has 0 aromatic heterocycles. The molecule has 0 atom stereocenters. The number of nitro groups is 1. The molecule has 0 fully saturated rings. The lowest BCUT2D eigenvalue weighted by atomic mass is 10.0. The van der Waals surface area contributed by atoms with Gasteiger partial charge in [-0.25, -0.2) is 0 Å². The minimum atomic E-state index is -0.475. The number of benzene rings is 3. The number of nitro benzene ring substituents is 1. The zero-order valence-electron chi connectivity index (χ0n) is 14.4. The van der Waals surface area contributed by atoms with E-state index in [1.165, 1.54) is 12.1 Å². The second-order valence-electron chi connectivity index (χ2n) is 5.82. The summed E-state index contributed by atoms with van der Waals surface area (Å²) in [4.78, 5) is 10.4. The highest BCUT2D eigenvalue weighted by Gasteiger charge is 2.09. The number of nitriles is 1. The summed E-state index contributed by atoms with van der Waals surface area (Å²) >= 11 is 0. The molecule has 0 amide bonds. The quantitative estimate of drug-likeness (QED) is 0.262. The van der Waals surface area contributed by atoms with Crippen molar-refractivity contribution in [1.29, 1.82) is 5.26 Å². The van der Waals surface area contributed by atoms with Crippen LogP contribution in [-0.4, -0.2) is 4.92 Å². The molecule has 0 spiro atoms. The van der Waals surface area contributed by atoms with Gasteiger partial charge in [0.05, 0.1) is 16.6 Å². The topological polar surface area (TPSA) is 76.2 Å². The smallest absolute Gasteiger partial charge is 0.270 e. The molecule has 5 heteroatoms.